The molecule has 1 aliphatic carbocycles. The molecule has 1 heteroatoms. The minimum absolute atomic E-state index is 0.861. The van der Waals surface area contributed by atoms with Crippen LogP contribution in [-0.4, -0.2) is 5.33 Å². The molecule has 0 heterocycles. The second-order valence-corrected chi connectivity index (χ2v) is 3.70. The van der Waals surface area contributed by atoms with E-state index in [-0.39, 0.29) is 0 Å². The molecular formula is C9H15Br. The second-order valence-electron chi connectivity index (χ2n) is 3.14. The van der Waals surface area contributed by atoms with Crippen molar-refractivity contribution in [3.63, 3.8) is 0 Å². The van der Waals surface area contributed by atoms with Gasteiger partial charge in [0, 0.05) is 5.33 Å². The average molecular weight is 203 g/mol. The molecule has 0 nitrogen and oxygen atoms in total. The van der Waals surface area contributed by atoms with Crippen molar-refractivity contribution in [2.24, 2.45) is 11.8 Å². The van der Waals surface area contributed by atoms with E-state index in [2.05, 4.69) is 35.9 Å². The molecule has 0 saturated heterocycles. The van der Waals surface area contributed by atoms with Crippen molar-refractivity contribution in [3.8, 4) is 0 Å². The van der Waals surface area contributed by atoms with Crippen LogP contribution in [-0.2, 0) is 0 Å². The van der Waals surface area contributed by atoms with E-state index < -0.39 is 0 Å². The maximum atomic E-state index is 3.52. The van der Waals surface area contributed by atoms with Gasteiger partial charge in [-0.2, -0.15) is 0 Å². The zero-order valence-electron chi connectivity index (χ0n) is 6.73. The normalized spacial score (nSPS) is 32.5. The molecule has 0 aromatic heterocycles. The zero-order valence-corrected chi connectivity index (χ0v) is 8.32. The number of rotatable bonds is 2. The lowest BCUT2D eigenvalue weighted by atomic mass is 9.91. The third kappa shape index (κ3) is 1.45. The van der Waals surface area contributed by atoms with Crippen LogP contribution in [0.5, 0.6) is 0 Å². The fourth-order valence-electron chi connectivity index (χ4n) is 1.84. The largest absolute Gasteiger partial charge is 0.0880 e. The Morgan fingerprint density at radius 3 is 2.80 bits per heavy atom. The van der Waals surface area contributed by atoms with E-state index in [1.54, 1.807) is 5.57 Å². The number of hydrogen-bond donors (Lipinski definition) is 0. The molecule has 0 fully saturated rings. The Morgan fingerprint density at radius 1 is 1.70 bits per heavy atom. The first-order valence-corrected chi connectivity index (χ1v) is 5.16. The van der Waals surface area contributed by atoms with Crippen molar-refractivity contribution in [3.05, 3.63) is 11.6 Å². The van der Waals surface area contributed by atoms with Crippen molar-refractivity contribution < 1.29 is 0 Å². The minimum Gasteiger partial charge on any atom is -0.0880 e. The van der Waals surface area contributed by atoms with Gasteiger partial charge in [0.1, 0.15) is 0 Å². The van der Waals surface area contributed by atoms with Crippen LogP contribution in [0.25, 0.3) is 0 Å². The summed E-state index contributed by atoms with van der Waals surface area (Å²) < 4.78 is 0. The van der Waals surface area contributed by atoms with Crippen LogP contribution in [0.1, 0.15) is 26.7 Å². The van der Waals surface area contributed by atoms with Gasteiger partial charge < -0.3 is 0 Å². The van der Waals surface area contributed by atoms with E-state index in [0.29, 0.717) is 0 Å². The molecule has 1 aliphatic rings. The van der Waals surface area contributed by atoms with Crippen molar-refractivity contribution in [1.82, 2.24) is 0 Å². The summed E-state index contributed by atoms with van der Waals surface area (Å²) >= 11 is 3.52. The van der Waals surface area contributed by atoms with Crippen LogP contribution in [0.4, 0.5) is 0 Å². The molecule has 0 spiro atoms. The van der Waals surface area contributed by atoms with Crippen molar-refractivity contribution in [2.45, 2.75) is 26.7 Å². The van der Waals surface area contributed by atoms with E-state index in [1.807, 2.05) is 0 Å². The van der Waals surface area contributed by atoms with Gasteiger partial charge >= 0.3 is 0 Å². The first-order valence-electron chi connectivity index (χ1n) is 4.04. The molecule has 0 saturated carbocycles. The van der Waals surface area contributed by atoms with Gasteiger partial charge in [0.15, 0.2) is 0 Å². The Balaban J connectivity index is 2.57. The summed E-state index contributed by atoms with van der Waals surface area (Å²) in [6, 6.07) is 0. The van der Waals surface area contributed by atoms with Crippen molar-refractivity contribution in [2.75, 3.05) is 5.33 Å². The molecule has 58 valence electrons. The molecule has 0 amide bonds. The second kappa shape index (κ2) is 3.56. The monoisotopic (exact) mass is 202 g/mol. The fourth-order valence-corrected chi connectivity index (χ4v) is 2.48. The van der Waals surface area contributed by atoms with E-state index in [0.717, 1.165) is 17.2 Å². The van der Waals surface area contributed by atoms with Crippen molar-refractivity contribution in [1.29, 1.82) is 0 Å². The summed E-state index contributed by atoms with van der Waals surface area (Å²) in [5.41, 5.74) is 1.62. The standard InChI is InChI=1S/C9H15Br/c1-3-9-7(2)4-5-8(9)6-10/h5,7,9H,3-4,6H2,1-2H3/t7-,9-/m1/s1. The minimum atomic E-state index is 0.861. The summed E-state index contributed by atoms with van der Waals surface area (Å²) in [7, 11) is 0. The third-order valence-electron chi connectivity index (χ3n) is 2.51. The van der Waals surface area contributed by atoms with Gasteiger partial charge in [-0.3, -0.25) is 0 Å². The molecule has 0 N–H and O–H groups in total. The van der Waals surface area contributed by atoms with Gasteiger partial charge in [-0.25, -0.2) is 0 Å². The van der Waals surface area contributed by atoms with Crippen molar-refractivity contribution >= 4 is 15.9 Å². The van der Waals surface area contributed by atoms with E-state index >= 15 is 0 Å². The highest BCUT2D eigenvalue weighted by Crippen LogP contribution is 2.34. The lowest BCUT2D eigenvalue weighted by Gasteiger charge is -2.15. The smallest absolute Gasteiger partial charge is 0.0244 e. The summed E-state index contributed by atoms with van der Waals surface area (Å²) in [5, 5.41) is 1.08. The van der Waals surface area contributed by atoms with Crippen LogP contribution in [0, 0.1) is 11.8 Å². The Labute approximate surface area is 71.8 Å². The quantitative estimate of drug-likeness (QED) is 0.476. The van der Waals surface area contributed by atoms with Gasteiger partial charge in [-0.05, 0) is 24.7 Å². The fraction of sp³-hybridized carbons (Fsp3) is 0.778. The molecule has 0 bridgehead atoms. The van der Waals surface area contributed by atoms with Crippen LogP contribution in [0.3, 0.4) is 0 Å². The first kappa shape index (κ1) is 8.32. The van der Waals surface area contributed by atoms with Crippen LogP contribution in [0.15, 0.2) is 11.6 Å². The molecule has 2 atom stereocenters. The predicted octanol–water partition coefficient (Wildman–Crippen LogP) is 3.37. The number of halogens is 1. The molecule has 1 rings (SSSR count). The lowest BCUT2D eigenvalue weighted by Crippen LogP contribution is -2.07. The van der Waals surface area contributed by atoms with E-state index in [4.69, 9.17) is 0 Å². The average Bonchev–Trinajstić information content (AvgIpc) is 2.30. The summed E-state index contributed by atoms with van der Waals surface area (Å²) in [5.74, 6) is 1.75. The molecule has 0 aromatic carbocycles. The topological polar surface area (TPSA) is 0 Å². The van der Waals surface area contributed by atoms with Crippen LogP contribution < -0.4 is 0 Å². The van der Waals surface area contributed by atoms with Gasteiger partial charge in [0.25, 0.3) is 0 Å². The summed E-state index contributed by atoms with van der Waals surface area (Å²) in [6.45, 7) is 4.63. The summed E-state index contributed by atoms with van der Waals surface area (Å²) in [6.07, 6.45) is 4.99. The number of allylic oxidation sites excluding steroid dienone is 2. The lowest BCUT2D eigenvalue weighted by molar-refractivity contribution is 0.435. The molecule has 0 aromatic rings. The van der Waals surface area contributed by atoms with Gasteiger partial charge in [-0.15, -0.1) is 0 Å². The van der Waals surface area contributed by atoms with Gasteiger partial charge in [0.2, 0.25) is 0 Å². The zero-order chi connectivity index (χ0) is 7.56. The number of hydrogen-bond acceptors (Lipinski definition) is 0. The molecule has 0 unspecified atom stereocenters. The Hall–Kier alpha value is 0.220. The third-order valence-corrected chi connectivity index (χ3v) is 3.16. The van der Waals surface area contributed by atoms with E-state index in [9.17, 15) is 0 Å². The Morgan fingerprint density at radius 2 is 2.40 bits per heavy atom. The Bertz CT molecular complexity index is 138. The predicted molar refractivity (Wildman–Crippen MR) is 49.4 cm³/mol. The molecule has 0 radical (unpaired) electrons. The molecular weight excluding hydrogens is 188 g/mol. The van der Waals surface area contributed by atoms with Gasteiger partial charge in [0.05, 0.1) is 0 Å². The highest BCUT2D eigenvalue weighted by Gasteiger charge is 2.23. The number of alkyl halides is 1. The van der Waals surface area contributed by atoms with Crippen LogP contribution >= 0.6 is 15.9 Å². The SMILES string of the molecule is CC[C@H]1C(CBr)=CC[C@H]1C. The highest BCUT2D eigenvalue weighted by atomic mass is 79.9. The van der Waals surface area contributed by atoms with Gasteiger partial charge in [-0.1, -0.05) is 41.4 Å². The molecule has 0 aliphatic heterocycles. The maximum absolute atomic E-state index is 3.52. The van der Waals surface area contributed by atoms with E-state index in [1.165, 1.54) is 12.8 Å². The maximum Gasteiger partial charge on any atom is 0.0244 e. The Kier molecular flexibility index (Phi) is 2.96. The first-order chi connectivity index (χ1) is 4.79. The summed E-state index contributed by atoms with van der Waals surface area (Å²) in [4.78, 5) is 0. The molecule has 10 heavy (non-hydrogen) atoms. The highest BCUT2D eigenvalue weighted by molar-refractivity contribution is 9.09. The van der Waals surface area contributed by atoms with Crippen LogP contribution in [0.2, 0.25) is 0 Å².